The van der Waals surface area contributed by atoms with Crippen LogP contribution in [0.4, 0.5) is 14.5 Å². The molecule has 3 aromatic carbocycles. The molecule has 0 saturated carbocycles. The Morgan fingerprint density at radius 3 is 2.19 bits per heavy atom. The van der Waals surface area contributed by atoms with Crippen molar-refractivity contribution in [3.05, 3.63) is 107 Å². The standard InChI is InChI=1S/C31H35F2N3/c1-24-19-28(36(22-25-9-4-2-5-10-25)23-26-11-6-3-7-12-26)14-16-34(24)17-18-35-15-8-13-29-30(33)20-27(32)21-31(29)35/h2-13,20-21,24,28H,14-19,22-23H2,1H3. The van der Waals surface area contributed by atoms with E-state index in [1.165, 1.54) is 17.2 Å². The normalized spacial score (nSPS) is 20.1. The number of piperidine rings is 1. The third-order valence-corrected chi connectivity index (χ3v) is 7.64. The molecule has 0 N–H and O–H groups in total. The first-order valence-electron chi connectivity index (χ1n) is 13.0. The van der Waals surface area contributed by atoms with Gasteiger partial charge in [-0.05, 0) is 43.5 Å². The molecular formula is C31H35F2N3. The van der Waals surface area contributed by atoms with Crippen molar-refractivity contribution in [2.75, 3.05) is 31.1 Å². The molecule has 2 unspecified atom stereocenters. The van der Waals surface area contributed by atoms with Crippen LogP contribution >= 0.6 is 0 Å². The van der Waals surface area contributed by atoms with Gasteiger partial charge in [0.2, 0.25) is 0 Å². The van der Waals surface area contributed by atoms with E-state index in [4.69, 9.17) is 0 Å². The predicted octanol–water partition coefficient (Wildman–Crippen LogP) is 6.35. The van der Waals surface area contributed by atoms with E-state index in [9.17, 15) is 8.78 Å². The molecule has 0 aliphatic carbocycles. The number of fused-ring (bicyclic) bond motifs is 1. The third-order valence-electron chi connectivity index (χ3n) is 7.64. The van der Waals surface area contributed by atoms with Crippen molar-refractivity contribution < 1.29 is 8.78 Å². The van der Waals surface area contributed by atoms with E-state index in [0.717, 1.165) is 51.6 Å². The number of nitrogens with zero attached hydrogens (tertiary/aromatic N) is 3. The van der Waals surface area contributed by atoms with Gasteiger partial charge in [-0.3, -0.25) is 9.80 Å². The lowest BCUT2D eigenvalue weighted by Gasteiger charge is -2.43. The van der Waals surface area contributed by atoms with Crippen molar-refractivity contribution in [3.63, 3.8) is 0 Å². The molecule has 2 atom stereocenters. The second-order valence-corrected chi connectivity index (χ2v) is 10.1. The molecule has 36 heavy (non-hydrogen) atoms. The van der Waals surface area contributed by atoms with E-state index in [2.05, 4.69) is 82.3 Å². The van der Waals surface area contributed by atoms with Crippen LogP contribution in [-0.2, 0) is 13.1 Å². The Labute approximate surface area is 213 Å². The second kappa shape index (κ2) is 11.4. The maximum absolute atomic E-state index is 14.3. The fourth-order valence-electron chi connectivity index (χ4n) is 5.66. The molecule has 1 fully saturated rings. The monoisotopic (exact) mass is 487 g/mol. The first-order chi connectivity index (χ1) is 17.6. The van der Waals surface area contributed by atoms with Crippen LogP contribution in [0.15, 0.2) is 78.9 Å². The average Bonchev–Trinajstić information content (AvgIpc) is 2.89. The zero-order valence-electron chi connectivity index (χ0n) is 21.0. The van der Waals surface area contributed by atoms with E-state index in [0.29, 0.717) is 29.9 Å². The highest BCUT2D eigenvalue weighted by Crippen LogP contribution is 2.30. The number of hydrogen-bond acceptors (Lipinski definition) is 3. The van der Waals surface area contributed by atoms with Crippen molar-refractivity contribution in [3.8, 4) is 0 Å². The summed E-state index contributed by atoms with van der Waals surface area (Å²) >= 11 is 0. The molecule has 2 heterocycles. The van der Waals surface area contributed by atoms with Gasteiger partial charge in [-0.2, -0.15) is 0 Å². The van der Waals surface area contributed by atoms with Crippen molar-refractivity contribution in [2.24, 2.45) is 0 Å². The van der Waals surface area contributed by atoms with Gasteiger partial charge >= 0.3 is 0 Å². The second-order valence-electron chi connectivity index (χ2n) is 10.1. The summed E-state index contributed by atoms with van der Waals surface area (Å²) in [5.74, 6) is -1.00. The van der Waals surface area contributed by atoms with Crippen LogP contribution in [0.5, 0.6) is 0 Å². The number of halogens is 2. The van der Waals surface area contributed by atoms with Crippen LogP contribution in [-0.4, -0.2) is 48.1 Å². The fraction of sp³-hybridized carbons (Fsp3) is 0.355. The minimum atomic E-state index is -0.516. The highest BCUT2D eigenvalue weighted by Gasteiger charge is 2.30. The van der Waals surface area contributed by atoms with Crippen molar-refractivity contribution in [2.45, 2.75) is 44.9 Å². The topological polar surface area (TPSA) is 9.72 Å². The van der Waals surface area contributed by atoms with Crippen LogP contribution in [0.3, 0.4) is 0 Å². The SMILES string of the molecule is CC1CC(N(Cc2ccccc2)Cc2ccccc2)CCN1CCN1CC=Cc2c(F)cc(F)cc21. The number of rotatable bonds is 8. The first kappa shape index (κ1) is 24.7. The molecule has 5 rings (SSSR count). The fourth-order valence-corrected chi connectivity index (χ4v) is 5.66. The van der Waals surface area contributed by atoms with Crippen molar-refractivity contribution in [1.82, 2.24) is 9.80 Å². The predicted molar refractivity (Wildman–Crippen MR) is 144 cm³/mol. The largest absolute Gasteiger partial charge is 0.366 e. The van der Waals surface area contributed by atoms with Gasteiger partial charge in [-0.1, -0.05) is 72.8 Å². The molecule has 0 aromatic heterocycles. The lowest BCUT2D eigenvalue weighted by molar-refractivity contribution is 0.0647. The Morgan fingerprint density at radius 2 is 1.56 bits per heavy atom. The van der Waals surface area contributed by atoms with Gasteiger partial charge in [0, 0.05) is 56.4 Å². The number of benzene rings is 3. The van der Waals surface area contributed by atoms with Gasteiger partial charge in [-0.15, -0.1) is 0 Å². The maximum atomic E-state index is 14.3. The first-order valence-corrected chi connectivity index (χ1v) is 13.0. The smallest absolute Gasteiger partial charge is 0.135 e. The van der Waals surface area contributed by atoms with Gasteiger partial charge in [0.1, 0.15) is 11.6 Å². The Hall–Kier alpha value is -3.02. The lowest BCUT2D eigenvalue weighted by Crippen LogP contribution is -2.50. The van der Waals surface area contributed by atoms with Crippen molar-refractivity contribution >= 4 is 11.8 Å². The molecule has 188 valence electrons. The van der Waals surface area contributed by atoms with Gasteiger partial charge in [0.05, 0.1) is 5.69 Å². The summed E-state index contributed by atoms with van der Waals surface area (Å²) in [4.78, 5) is 7.26. The molecule has 3 nitrogen and oxygen atoms in total. The quantitative estimate of drug-likeness (QED) is 0.366. The summed E-state index contributed by atoms with van der Waals surface area (Å²) in [6, 6.07) is 24.9. The van der Waals surface area contributed by atoms with E-state index in [-0.39, 0.29) is 0 Å². The summed E-state index contributed by atoms with van der Waals surface area (Å²) < 4.78 is 28.2. The van der Waals surface area contributed by atoms with Gasteiger partial charge in [-0.25, -0.2) is 8.78 Å². The van der Waals surface area contributed by atoms with E-state index in [1.807, 2.05) is 6.08 Å². The molecule has 3 aromatic rings. The maximum Gasteiger partial charge on any atom is 0.135 e. The molecule has 2 aliphatic heterocycles. The van der Waals surface area contributed by atoms with E-state index < -0.39 is 11.6 Å². The molecule has 2 aliphatic rings. The number of hydrogen-bond donors (Lipinski definition) is 0. The minimum absolute atomic E-state index is 0.446. The van der Waals surface area contributed by atoms with Crippen LogP contribution in [0.25, 0.3) is 6.08 Å². The average molecular weight is 488 g/mol. The third kappa shape index (κ3) is 5.85. The molecule has 0 amide bonds. The Bertz CT molecular complexity index is 1120. The zero-order valence-corrected chi connectivity index (χ0v) is 21.0. The molecule has 5 heteroatoms. The number of likely N-dealkylation sites (tertiary alicyclic amines) is 1. The van der Waals surface area contributed by atoms with Gasteiger partial charge < -0.3 is 4.90 Å². The summed E-state index contributed by atoms with van der Waals surface area (Å²) in [5, 5.41) is 0. The summed E-state index contributed by atoms with van der Waals surface area (Å²) in [6.07, 6.45) is 5.95. The summed E-state index contributed by atoms with van der Waals surface area (Å²) in [6.45, 7) is 7.56. The van der Waals surface area contributed by atoms with Crippen LogP contribution in [0.1, 0.15) is 36.5 Å². The summed E-state index contributed by atoms with van der Waals surface area (Å²) in [7, 11) is 0. The van der Waals surface area contributed by atoms with Crippen LogP contribution in [0.2, 0.25) is 0 Å². The number of anilines is 1. The van der Waals surface area contributed by atoms with E-state index in [1.54, 1.807) is 6.08 Å². The van der Waals surface area contributed by atoms with Gasteiger partial charge in [0.25, 0.3) is 0 Å². The zero-order chi connectivity index (χ0) is 24.9. The highest BCUT2D eigenvalue weighted by molar-refractivity contribution is 5.71. The van der Waals surface area contributed by atoms with Crippen molar-refractivity contribution in [1.29, 1.82) is 0 Å². The summed E-state index contributed by atoms with van der Waals surface area (Å²) in [5.41, 5.74) is 3.85. The van der Waals surface area contributed by atoms with Crippen LogP contribution in [0, 0.1) is 11.6 Å². The molecule has 0 radical (unpaired) electrons. The van der Waals surface area contributed by atoms with E-state index >= 15 is 0 Å². The lowest BCUT2D eigenvalue weighted by atomic mass is 9.95. The molecule has 0 bridgehead atoms. The Balaban J connectivity index is 1.23. The minimum Gasteiger partial charge on any atom is -0.366 e. The molecule has 1 saturated heterocycles. The van der Waals surface area contributed by atoms with Gasteiger partial charge in [0.15, 0.2) is 0 Å². The van der Waals surface area contributed by atoms with Crippen LogP contribution < -0.4 is 4.90 Å². The Morgan fingerprint density at radius 1 is 0.889 bits per heavy atom. The molecule has 0 spiro atoms. The highest BCUT2D eigenvalue weighted by atomic mass is 19.1. The molecular weight excluding hydrogens is 452 g/mol. The Kier molecular flexibility index (Phi) is 7.78.